The number of urea groups is 1. The van der Waals surface area contributed by atoms with Gasteiger partial charge in [-0.2, -0.15) is 0 Å². The molecule has 0 unspecified atom stereocenters. The van der Waals surface area contributed by atoms with Gasteiger partial charge in [-0.15, -0.1) is 0 Å². The second-order valence-electron chi connectivity index (χ2n) is 8.26. The van der Waals surface area contributed by atoms with Crippen LogP contribution in [0, 0.1) is 12.8 Å². The summed E-state index contributed by atoms with van der Waals surface area (Å²) in [5.41, 5.74) is 1.23. The van der Waals surface area contributed by atoms with Crippen molar-refractivity contribution in [2.75, 3.05) is 23.8 Å². The van der Waals surface area contributed by atoms with Crippen LogP contribution < -0.4 is 25.7 Å². The van der Waals surface area contributed by atoms with E-state index in [1.807, 2.05) is 25.3 Å². The van der Waals surface area contributed by atoms with E-state index in [2.05, 4.69) is 17.6 Å². The molecular formula is C24H30N4O4S. The van der Waals surface area contributed by atoms with Crippen molar-refractivity contribution in [1.29, 1.82) is 0 Å². The standard InChI is InChI=1S/C24H30N4O4S/c1-5-31-16-8-9-18(32-6-2)17(13-16)25-24(30)27-21-15(4)20-22(33-21)26-19-10-7-14(3)11-12-28(19)23(20)29/h8-9,13-14H,5-7,10-12H2,1-4H3,(H2,25,27,30)/t14-/m0/s1. The minimum absolute atomic E-state index is 0.0191. The summed E-state index contributed by atoms with van der Waals surface area (Å²) in [6, 6.07) is 4.89. The first-order chi connectivity index (χ1) is 15.9. The zero-order chi connectivity index (χ0) is 23.5. The molecule has 176 valence electrons. The number of benzene rings is 1. The minimum atomic E-state index is -0.422. The van der Waals surface area contributed by atoms with Gasteiger partial charge >= 0.3 is 6.03 Å². The third kappa shape index (κ3) is 4.83. The molecule has 1 atom stereocenters. The first-order valence-electron chi connectivity index (χ1n) is 11.4. The number of thiophene rings is 1. The molecule has 9 heteroatoms. The molecule has 1 aromatic carbocycles. The van der Waals surface area contributed by atoms with Crippen molar-refractivity contribution < 1.29 is 14.3 Å². The van der Waals surface area contributed by atoms with Gasteiger partial charge in [0.25, 0.3) is 5.56 Å². The molecule has 0 radical (unpaired) electrons. The van der Waals surface area contributed by atoms with E-state index in [1.54, 1.807) is 18.2 Å². The molecule has 4 rings (SSSR count). The second kappa shape index (κ2) is 9.82. The van der Waals surface area contributed by atoms with E-state index in [4.69, 9.17) is 14.5 Å². The summed E-state index contributed by atoms with van der Waals surface area (Å²) in [5, 5.41) is 6.93. The quantitative estimate of drug-likeness (QED) is 0.518. The number of aryl methyl sites for hydroxylation is 2. The molecule has 3 heterocycles. The van der Waals surface area contributed by atoms with E-state index >= 15 is 0 Å². The lowest BCUT2D eigenvalue weighted by atomic mass is 10.0. The average Bonchev–Trinajstić information content (AvgIpc) is 2.95. The molecule has 8 nitrogen and oxygen atoms in total. The fourth-order valence-corrected chi connectivity index (χ4v) is 5.16. The number of anilines is 2. The fraction of sp³-hybridized carbons (Fsp3) is 0.458. The Labute approximate surface area is 196 Å². The van der Waals surface area contributed by atoms with Gasteiger partial charge in [0.05, 0.1) is 24.3 Å². The van der Waals surface area contributed by atoms with Crippen LogP contribution in [-0.4, -0.2) is 28.8 Å². The SMILES string of the molecule is CCOc1ccc(OCC)c(NC(=O)Nc2sc3nc4n(c(=O)c3c2C)CC[C@@H](C)CC4)c1. The molecule has 2 N–H and O–H groups in total. The van der Waals surface area contributed by atoms with Crippen molar-refractivity contribution in [2.24, 2.45) is 5.92 Å². The van der Waals surface area contributed by atoms with Gasteiger partial charge in [0.2, 0.25) is 0 Å². The number of carbonyl (C=O) groups is 1. The molecule has 0 saturated carbocycles. The fourth-order valence-electron chi connectivity index (χ4n) is 4.07. The molecule has 3 aromatic rings. The van der Waals surface area contributed by atoms with Crippen molar-refractivity contribution >= 4 is 38.3 Å². The Morgan fingerprint density at radius 3 is 2.76 bits per heavy atom. The van der Waals surface area contributed by atoms with Gasteiger partial charge in [-0.05, 0) is 57.2 Å². The van der Waals surface area contributed by atoms with E-state index in [9.17, 15) is 9.59 Å². The molecule has 2 amide bonds. The second-order valence-corrected chi connectivity index (χ2v) is 9.26. The first kappa shape index (κ1) is 23.1. The number of carbonyl (C=O) groups excluding carboxylic acids is 1. The van der Waals surface area contributed by atoms with Gasteiger partial charge in [-0.3, -0.25) is 14.7 Å². The molecule has 33 heavy (non-hydrogen) atoms. The highest BCUT2D eigenvalue weighted by atomic mass is 32.1. The van der Waals surface area contributed by atoms with Gasteiger partial charge < -0.3 is 14.8 Å². The van der Waals surface area contributed by atoms with E-state index in [1.165, 1.54) is 11.3 Å². The van der Waals surface area contributed by atoms with Crippen LogP contribution in [-0.2, 0) is 13.0 Å². The van der Waals surface area contributed by atoms with Gasteiger partial charge in [0.15, 0.2) is 0 Å². The summed E-state index contributed by atoms with van der Waals surface area (Å²) >= 11 is 1.33. The average molecular weight is 471 g/mol. The Morgan fingerprint density at radius 2 is 2.00 bits per heavy atom. The largest absolute Gasteiger partial charge is 0.494 e. The number of ether oxygens (including phenoxy) is 2. The van der Waals surface area contributed by atoms with E-state index in [-0.39, 0.29) is 5.56 Å². The monoisotopic (exact) mass is 470 g/mol. The van der Waals surface area contributed by atoms with Gasteiger partial charge in [-0.25, -0.2) is 9.78 Å². The van der Waals surface area contributed by atoms with Gasteiger partial charge in [0.1, 0.15) is 27.2 Å². The van der Waals surface area contributed by atoms with Crippen LogP contribution >= 0.6 is 11.3 Å². The highest BCUT2D eigenvalue weighted by Gasteiger charge is 2.22. The molecule has 0 fully saturated rings. The zero-order valence-corrected chi connectivity index (χ0v) is 20.3. The Bertz CT molecular complexity index is 1230. The number of nitrogens with zero attached hydrogens (tertiary/aromatic N) is 2. The van der Waals surface area contributed by atoms with Crippen LogP contribution in [0.15, 0.2) is 23.0 Å². The Kier molecular flexibility index (Phi) is 6.88. The van der Waals surface area contributed by atoms with Crippen LogP contribution in [0.1, 0.15) is 45.0 Å². The molecule has 2 aromatic heterocycles. The predicted molar refractivity (Wildman–Crippen MR) is 132 cm³/mol. The molecule has 0 aliphatic carbocycles. The lowest BCUT2D eigenvalue weighted by Gasteiger charge is -2.14. The molecular weight excluding hydrogens is 440 g/mol. The van der Waals surface area contributed by atoms with E-state index in [0.29, 0.717) is 58.1 Å². The van der Waals surface area contributed by atoms with Crippen molar-refractivity contribution in [3.8, 4) is 11.5 Å². The third-order valence-electron chi connectivity index (χ3n) is 5.87. The van der Waals surface area contributed by atoms with Crippen molar-refractivity contribution in [3.63, 3.8) is 0 Å². The maximum Gasteiger partial charge on any atom is 0.324 e. The third-order valence-corrected chi connectivity index (χ3v) is 6.97. The number of hydrogen-bond donors (Lipinski definition) is 2. The Balaban J connectivity index is 1.60. The topological polar surface area (TPSA) is 94.5 Å². The minimum Gasteiger partial charge on any atom is -0.494 e. The Hall–Kier alpha value is -3.07. The predicted octanol–water partition coefficient (Wildman–Crippen LogP) is 5.18. The zero-order valence-electron chi connectivity index (χ0n) is 19.5. The van der Waals surface area contributed by atoms with Crippen LogP contribution in [0.3, 0.4) is 0 Å². The normalized spacial score (nSPS) is 15.6. The van der Waals surface area contributed by atoms with Gasteiger partial charge in [-0.1, -0.05) is 18.3 Å². The molecule has 1 aliphatic heterocycles. The molecule has 0 spiro atoms. The smallest absolute Gasteiger partial charge is 0.324 e. The lowest BCUT2D eigenvalue weighted by Crippen LogP contribution is -2.24. The number of nitrogens with one attached hydrogen (secondary N) is 2. The molecule has 0 bridgehead atoms. The summed E-state index contributed by atoms with van der Waals surface area (Å²) in [6.07, 6.45) is 2.79. The number of rotatable bonds is 6. The number of amides is 2. The lowest BCUT2D eigenvalue weighted by molar-refractivity contribution is 0.262. The summed E-state index contributed by atoms with van der Waals surface area (Å²) in [4.78, 5) is 31.5. The van der Waals surface area contributed by atoms with E-state index < -0.39 is 6.03 Å². The Morgan fingerprint density at radius 1 is 1.21 bits per heavy atom. The van der Waals surface area contributed by atoms with Crippen LogP contribution in [0.2, 0.25) is 0 Å². The summed E-state index contributed by atoms with van der Waals surface area (Å²) in [6.45, 7) is 9.53. The first-order valence-corrected chi connectivity index (χ1v) is 12.2. The highest BCUT2D eigenvalue weighted by Crippen LogP contribution is 2.34. The number of aromatic nitrogens is 2. The summed E-state index contributed by atoms with van der Waals surface area (Å²) < 4.78 is 13.0. The van der Waals surface area contributed by atoms with Crippen molar-refractivity contribution in [3.05, 3.63) is 39.9 Å². The molecule has 1 aliphatic rings. The van der Waals surface area contributed by atoms with Crippen LogP contribution in [0.25, 0.3) is 10.2 Å². The van der Waals surface area contributed by atoms with Gasteiger partial charge in [0, 0.05) is 19.0 Å². The van der Waals surface area contributed by atoms with Crippen molar-refractivity contribution in [2.45, 2.75) is 53.5 Å². The number of fused-ring (bicyclic) bond motifs is 2. The summed E-state index contributed by atoms with van der Waals surface area (Å²) in [5.74, 6) is 2.61. The van der Waals surface area contributed by atoms with Crippen molar-refractivity contribution in [1.82, 2.24) is 9.55 Å². The maximum absolute atomic E-state index is 13.2. The van der Waals surface area contributed by atoms with E-state index in [0.717, 1.165) is 30.7 Å². The highest BCUT2D eigenvalue weighted by molar-refractivity contribution is 7.22. The van der Waals surface area contributed by atoms with Crippen LogP contribution in [0.4, 0.5) is 15.5 Å². The van der Waals surface area contributed by atoms with Crippen LogP contribution in [0.5, 0.6) is 11.5 Å². The maximum atomic E-state index is 13.2. The molecule has 0 saturated heterocycles. The summed E-state index contributed by atoms with van der Waals surface area (Å²) in [7, 11) is 0. The number of hydrogen-bond acceptors (Lipinski definition) is 6.